The van der Waals surface area contributed by atoms with Crippen molar-refractivity contribution in [3.05, 3.63) is 0 Å². The normalized spacial score (nSPS) is 27.8. The Bertz CT molecular complexity index is 243. The molecule has 0 amide bonds. The van der Waals surface area contributed by atoms with Gasteiger partial charge in [-0.2, -0.15) is 0 Å². The first-order chi connectivity index (χ1) is 8.42. The summed E-state index contributed by atoms with van der Waals surface area (Å²) in [7, 11) is 0. The number of nitrogens with zero attached hydrogens (tertiary/aromatic N) is 1. The van der Waals surface area contributed by atoms with Gasteiger partial charge in [0.25, 0.3) is 0 Å². The number of unbranched alkanes of at least 4 members (excludes halogenated alkanes) is 6. The summed E-state index contributed by atoms with van der Waals surface area (Å²) in [4.78, 5) is 0. The zero-order valence-corrected chi connectivity index (χ0v) is 12.6. The van der Waals surface area contributed by atoms with E-state index in [9.17, 15) is 5.21 Å². The molecule has 0 spiro atoms. The molecule has 0 bridgehead atoms. The van der Waals surface area contributed by atoms with Gasteiger partial charge in [-0.3, -0.25) is 0 Å². The molecule has 0 aromatic carbocycles. The second-order valence-corrected chi connectivity index (χ2v) is 6.44. The third kappa shape index (κ3) is 4.22. The maximum Gasteiger partial charge on any atom is 0.144 e. The summed E-state index contributed by atoms with van der Waals surface area (Å²) in [5, 5.41) is 13.3. The van der Waals surface area contributed by atoms with Crippen molar-refractivity contribution in [3.63, 3.8) is 0 Å². The van der Waals surface area contributed by atoms with Gasteiger partial charge in [0.15, 0.2) is 0 Å². The fourth-order valence-electron chi connectivity index (χ4n) is 2.67. The molecule has 0 aromatic rings. The van der Waals surface area contributed by atoms with Crippen LogP contribution in [0.15, 0.2) is 0 Å². The quantitative estimate of drug-likeness (QED) is 0.606. The topological polar surface area (TPSA) is 32.4 Å². The Balaban J connectivity index is 2.15. The van der Waals surface area contributed by atoms with Crippen LogP contribution in [0.4, 0.5) is 0 Å². The Morgan fingerprint density at radius 3 is 2.06 bits per heavy atom. The van der Waals surface area contributed by atoms with E-state index < -0.39 is 5.72 Å². The highest BCUT2D eigenvalue weighted by molar-refractivity contribution is 4.90. The van der Waals surface area contributed by atoms with Crippen molar-refractivity contribution in [3.8, 4) is 0 Å². The van der Waals surface area contributed by atoms with E-state index in [1.807, 2.05) is 20.8 Å². The molecule has 0 saturated carbocycles. The van der Waals surface area contributed by atoms with Crippen LogP contribution >= 0.6 is 0 Å². The molecule has 0 aliphatic carbocycles. The molecule has 0 N–H and O–H groups in total. The summed E-state index contributed by atoms with van der Waals surface area (Å²) in [5.41, 5.74) is -0.956. The highest BCUT2D eigenvalue weighted by atomic mass is 16.6. The molecule has 0 aromatic heterocycles. The van der Waals surface area contributed by atoms with Crippen LogP contribution in [0.2, 0.25) is 0 Å². The molecule has 1 rings (SSSR count). The van der Waals surface area contributed by atoms with Gasteiger partial charge in [-0.05, 0) is 33.6 Å². The summed E-state index contributed by atoms with van der Waals surface area (Å²) in [6.45, 7) is 8.63. The van der Waals surface area contributed by atoms with Crippen molar-refractivity contribution >= 4 is 0 Å². The molecule has 107 valence electrons. The van der Waals surface area contributed by atoms with Gasteiger partial charge in [-0.1, -0.05) is 45.4 Å². The minimum atomic E-state index is -0.590. The van der Waals surface area contributed by atoms with Crippen LogP contribution in [-0.2, 0) is 9.94 Å². The molecule has 1 radical (unpaired) electrons. The van der Waals surface area contributed by atoms with Gasteiger partial charge >= 0.3 is 0 Å². The first kappa shape index (κ1) is 15.9. The molecule has 1 aliphatic rings. The molecule has 1 atom stereocenters. The van der Waals surface area contributed by atoms with Gasteiger partial charge in [-0.15, -0.1) is 10.3 Å². The van der Waals surface area contributed by atoms with E-state index in [0.717, 1.165) is 17.9 Å². The van der Waals surface area contributed by atoms with E-state index in [4.69, 9.17) is 4.74 Å². The summed E-state index contributed by atoms with van der Waals surface area (Å²) in [6.07, 6.45) is 9.79. The molecule has 1 unspecified atom stereocenters. The number of rotatable bonds is 8. The van der Waals surface area contributed by atoms with Gasteiger partial charge < -0.3 is 4.74 Å². The van der Waals surface area contributed by atoms with Crippen LogP contribution in [0.1, 0.15) is 79.1 Å². The van der Waals surface area contributed by atoms with Crippen LogP contribution in [0.3, 0.4) is 0 Å². The predicted octanol–water partition coefficient (Wildman–Crippen LogP) is 4.30. The molecule has 3 heteroatoms. The molecular weight excluding hydrogens is 226 g/mol. The smallest absolute Gasteiger partial charge is 0.144 e. The van der Waals surface area contributed by atoms with E-state index in [1.165, 1.54) is 38.5 Å². The van der Waals surface area contributed by atoms with Crippen LogP contribution in [0.25, 0.3) is 0 Å². The van der Waals surface area contributed by atoms with Gasteiger partial charge in [0.2, 0.25) is 0 Å². The molecule has 18 heavy (non-hydrogen) atoms. The molecule has 1 saturated heterocycles. The van der Waals surface area contributed by atoms with E-state index in [0.29, 0.717) is 6.61 Å². The minimum Gasteiger partial charge on any atom is -0.356 e. The largest absolute Gasteiger partial charge is 0.356 e. The molecule has 3 nitrogen and oxygen atoms in total. The SMILES string of the molecule is CCCCCCCCCC1(C)OCC(C)(C)N1[O]. The zero-order valence-electron chi connectivity index (χ0n) is 12.6. The van der Waals surface area contributed by atoms with Gasteiger partial charge in [-0.25, -0.2) is 0 Å². The Kier molecular flexibility index (Phi) is 6.09. The maximum absolute atomic E-state index is 12.1. The van der Waals surface area contributed by atoms with E-state index in [2.05, 4.69) is 6.92 Å². The first-order valence-corrected chi connectivity index (χ1v) is 7.54. The van der Waals surface area contributed by atoms with Gasteiger partial charge in [0.05, 0.1) is 12.1 Å². The van der Waals surface area contributed by atoms with Crippen LogP contribution < -0.4 is 0 Å². The van der Waals surface area contributed by atoms with Crippen molar-refractivity contribution in [1.82, 2.24) is 5.06 Å². The molecular formula is C15H30NO2. The van der Waals surface area contributed by atoms with Gasteiger partial charge in [0.1, 0.15) is 5.72 Å². The lowest BCUT2D eigenvalue weighted by atomic mass is 10.0. The van der Waals surface area contributed by atoms with E-state index in [-0.39, 0.29) is 5.54 Å². The fourth-order valence-corrected chi connectivity index (χ4v) is 2.67. The summed E-state index contributed by atoms with van der Waals surface area (Å²) in [5.74, 6) is 0. The summed E-state index contributed by atoms with van der Waals surface area (Å²) in [6, 6.07) is 0. The van der Waals surface area contributed by atoms with Gasteiger partial charge in [0, 0.05) is 0 Å². The first-order valence-electron chi connectivity index (χ1n) is 7.54. The second-order valence-electron chi connectivity index (χ2n) is 6.44. The monoisotopic (exact) mass is 256 g/mol. The number of hydrogen-bond donors (Lipinski definition) is 0. The average molecular weight is 256 g/mol. The summed E-state index contributed by atoms with van der Waals surface area (Å²) < 4.78 is 5.73. The average Bonchev–Trinajstić information content (AvgIpc) is 2.53. The lowest BCUT2D eigenvalue weighted by Crippen LogP contribution is -2.47. The Morgan fingerprint density at radius 2 is 1.56 bits per heavy atom. The zero-order chi connectivity index (χ0) is 13.6. The maximum atomic E-state index is 12.1. The van der Waals surface area contributed by atoms with Crippen molar-refractivity contribution in [2.75, 3.05) is 6.61 Å². The Hall–Kier alpha value is -0.120. The molecule has 1 aliphatic heterocycles. The van der Waals surface area contributed by atoms with E-state index in [1.54, 1.807) is 0 Å². The number of hydroxylamine groups is 2. The predicted molar refractivity (Wildman–Crippen MR) is 73.6 cm³/mol. The van der Waals surface area contributed by atoms with Crippen LogP contribution in [-0.4, -0.2) is 22.9 Å². The van der Waals surface area contributed by atoms with Crippen molar-refractivity contribution in [1.29, 1.82) is 0 Å². The second kappa shape index (κ2) is 6.88. The Morgan fingerprint density at radius 1 is 1.00 bits per heavy atom. The molecule has 1 fully saturated rings. The third-order valence-corrected chi connectivity index (χ3v) is 3.96. The minimum absolute atomic E-state index is 0.365. The standard InChI is InChI=1S/C15H30NO2/c1-5-6-7-8-9-10-11-12-15(4)16(17)14(2,3)13-18-15/h5-13H2,1-4H3. The summed E-state index contributed by atoms with van der Waals surface area (Å²) >= 11 is 0. The fraction of sp³-hybridized carbons (Fsp3) is 1.00. The van der Waals surface area contributed by atoms with Crippen molar-refractivity contribution in [2.24, 2.45) is 0 Å². The lowest BCUT2D eigenvalue weighted by Gasteiger charge is -2.32. The van der Waals surface area contributed by atoms with Crippen LogP contribution in [0, 0.1) is 0 Å². The third-order valence-electron chi connectivity index (χ3n) is 3.96. The lowest BCUT2D eigenvalue weighted by molar-refractivity contribution is -0.286. The highest BCUT2D eigenvalue weighted by Crippen LogP contribution is 2.36. The Labute approximate surface area is 112 Å². The molecule has 1 heterocycles. The number of hydrogen-bond acceptors (Lipinski definition) is 2. The number of ether oxygens (including phenoxy) is 1. The van der Waals surface area contributed by atoms with Crippen LogP contribution in [0.5, 0.6) is 0 Å². The van der Waals surface area contributed by atoms with Crippen molar-refractivity contribution < 1.29 is 9.94 Å². The van der Waals surface area contributed by atoms with Crippen molar-refractivity contribution in [2.45, 2.75) is 90.3 Å². The van der Waals surface area contributed by atoms with E-state index >= 15 is 0 Å². The highest BCUT2D eigenvalue weighted by Gasteiger charge is 2.49.